The Hall–Kier alpha value is -0.670. The summed E-state index contributed by atoms with van der Waals surface area (Å²) in [4.78, 5) is 0. The minimum atomic E-state index is 0.414. The highest BCUT2D eigenvalue weighted by atomic mass is 32.2. The van der Waals surface area contributed by atoms with Crippen LogP contribution in [0.2, 0.25) is 0 Å². The number of likely N-dealkylation sites (N-methyl/N-ethyl adjacent to an activating group) is 1. The minimum Gasteiger partial charge on any atom is -0.490 e. The zero-order chi connectivity index (χ0) is 11.9. The van der Waals surface area contributed by atoms with Crippen LogP contribution in [0.5, 0.6) is 5.75 Å². The van der Waals surface area contributed by atoms with Crippen LogP contribution < -0.4 is 10.1 Å². The second-order valence-corrected chi connectivity index (χ2v) is 5.60. The molecule has 0 bridgehead atoms. The first-order valence-corrected chi connectivity index (χ1v) is 7.52. The van der Waals surface area contributed by atoms with Gasteiger partial charge in [-0.15, -0.1) is 0 Å². The molecule has 3 heteroatoms. The third-order valence-corrected chi connectivity index (χ3v) is 4.19. The van der Waals surface area contributed by atoms with Gasteiger partial charge in [-0.3, -0.25) is 0 Å². The van der Waals surface area contributed by atoms with Gasteiger partial charge in [-0.25, -0.2) is 0 Å². The fourth-order valence-corrected chi connectivity index (χ4v) is 3.04. The fourth-order valence-electron chi connectivity index (χ4n) is 2.00. The monoisotopic (exact) mass is 251 g/mol. The van der Waals surface area contributed by atoms with E-state index in [2.05, 4.69) is 29.6 Å². The van der Waals surface area contributed by atoms with Crippen LogP contribution in [0.4, 0.5) is 0 Å². The molecule has 0 saturated carbocycles. The van der Waals surface area contributed by atoms with Crippen molar-refractivity contribution in [3.05, 3.63) is 29.8 Å². The Morgan fingerprint density at radius 2 is 2.18 bits per heavy atom. The third-order valence-electron chi connectivity index (χ3n) is 3.01. The topological polar surface area (TPSA) is 21.3 Å². The second kappa shape index (κ2) is 6.92. The average Bonchev–Trinajstić information content (AvgIpc) is 2.39. The number of ether oxygens (including phenoxy) is 1. The van der Waals surface area contributed by atoms with Gasteiger partial charge in [0, 0.05) is 5.75 Å². The summed E-state index contributed by atoms with van der Waals surface area (Å²) in [6.07, 6.45) is 3.98. The maximum atomic E-state index is 5.98. The molecule has 2 rings (SSSR count). The predicted octanol–water partition coefficient (Wildman–Crippen LogP) is 2.72. The van der Waals surface area contributed by atoms with E-state index in [4.69, 9.17) is 4.74 Å². The van der Waals surface area contributed by atoms with E-state index in [0.29, 0.717) is 6.10 Å². The van der Waals surface area contributed by atoms with Gasteiger partial charge in [0.2, 0.25) is 0 Å². The highest BCUT2D eigenvalue weighted by Gasteiger charge is 2.14. The van der Waals surface area contributed by atoms with Crippen LogP contribution in [0, 0.1) is 0 Å². The molecule has 1 saturated heterocycles. The highest BCUT2D eigenvalue weighted by Crippen LogP contribution is 2.22. The molecule has 0 amide bonds. The van der Waals surface area contributed by atoms with Gasteiger partial charge in [-0.05, 0) is 56.3 Å². The van der Waals surface area contributed by atoms with Crippen molar-refractivity contribution in [3.63, 3.8) is 0 Å². The SMILES string of the molecule is CNCCc1ccc(OC2CCCSC2)cc1. The first kappa shape index (κ1) is 12.8. The van der Waals surface area contributed by atoms with Gasteiger partial charge < -0.3 is 10.1 Å². The molecule has 1 atom stereocenters. The molecule has 0 aliphatic carbocycles. The molecule has 0 aromatic heterocycles. The van der Waals surface area contributed by atoms with E-state index in [-0.39, 0.29) is 0 Å². The normalized spacial score (nSPS) is 20.2. The summed E-state index contributed by atoms with van der Waals surface area (Å²) in [5, 5.41) is 3.16. The lowest BCUT2D eigenvalue weighted by Gasteiger charge is -2.22. The van der Waals surface area contributed by atoms with E-state index in [1.54, 1.807) is 0 Å². The van der Waals surface area contributed by atoms with E-state index < -0.39 is 0 Å². The van der Waals surface area contributed by atoms with Crippen molar-refractivity contribution in [1.29, 1.82) is 0 Å². The van der Waals surface area contributed by atoms with E-state index in [1.807, 2.05) is 18.8 Å². The number of benzene rings is 1. The molecule has 1 unspecified atom stereocenters. The van der Waals surface area contributed by atoms with Crippen LogP contribution in [0.25, 0.3) is 0 Å². The zero-order valence-corrected chi connectivity index (χ0v) is 11.3. The van der Waals surface area contributed by atoms with Crippen LogP contribution in [-0.2, 0) is 6.42 Å². The van der Waals surface area contributed by atoms with Crippen LogP contribution in [0.3, 0.4) is 0 Å². The van der Waals surface area contributed by atoms with Gasteiger partial charge in [0.05, 0.1) is 0 Å². The van der Waals surface area contributed by atoms with Gasteiger partial charge in [-0.2, -0.15) is 11.8 Å². The Balaban J connectivity index is 1.84. The van der Waals surface area contributed by atoms with Crippen LogP contribution >= 0.6 is 11.8 Å². The summed E-state index contributed by atoms with van der Waals surface area (Å²) in [6.45, 7) is 1.03. The summed E-state index contributed by atoms with van der Waals surface area (Å²) in [6, 6.07) is 8.54. The van der Waals surface area contributed by atoms with Crippen LogP contribution in [0.1, 0.15) is 18.4 Å². The van der Waals surface area contributed by atoms with Crippen molar-refractivity contribution in [3.8, 4) is 5.75 Å². The smallest absolute Gasteiger partial charge is 0.119 e. The van der Waals surface area contributed by atoms with E-state index in [1.165, 1.54) is 24.2 Å². The Morgan fingerprint density at radius 3 is 2.82 bits per heavy atom. The predicted molar refractivity (Wildman–Crippen MR) is 75.0 cm³/mol. The zero-order valence-electron chi connectivity index (χ0n) is 10.4. The van der Waals surface area contributed by atoms with Crippen molar-refractivity contribution < 1.29 is 4.74 Å². The molecule has 2 nitrogen and oxygen atoms in total. The molecule has 0 spiro atoms. The molecule has 1 fully saturated rings. The van der Waals surface area contributed by atoms with Crippen LogP contribution in [0.15, 0.2) is 24.3 Å². The van der Waals surface area contributed by atoms with Gasteiger partial charge in [0.1, 0.15) is 11.9 Å². The molecular weight excluding hydrogens is 230 g/mol. The Kier molecular flexibility index (Phi) is 5.20. The Bertz CT molecular complexity index is 319. The molecule has 1 N–H and O–H groups in total. The summed E-state index contributed by atoms with van der Waals surface area (Å²) >= 11 is 2.00. The highest BCUT2D eigenvalue weighted by molar-refractivity contribution is 7.99. The average molecular weight is 251 g/mol. The largest absolute Gasteiger partial charge is 0.490 e. The van der Waals surface area contributed by atoms with E-state index in [0.717, 1.165) is 24.5 Å². The number of thioether (sulfide) groups is 1. The van der Waals surface area contributed by atoms with Crippen molar-refractivity contribution in [2.24, 2.45) is 0 Å². The van der Waals surface area contributed by atoms with Crippen molar-refractivity contribution in [1.82, 2.24) is 5.32 Å². The lowest BCUT2D eigenvalue weighted by molar-refractivity contribution is 0.211. The molecule has 0 radical (unpaired) electrons. The van der Waals surface area contributed by atoms with Crippen molar-refractivity contribution in [2.45, 2.75) is 25.4 Å². The summed E-state index contributed by atoms with van der Waals surface area (Å²) < 4.78 is 5.98. The molecule has 17 heavy (non-hydrogen) atoms. The van der Waals surface area contributed by atoms with Crippen LogP contribution in [-0.4, -0.2) is 31.2 Å². The maximum Gasteiger partial charge on any atom is 0.119 e. The molecule has 1 aliphatic heterocycles. The van der Waals surface area contributed by atoms with Gasteiger partial charge >= 0.3 is 0 Å². The van der Waals surface area contributed by atoms with E-state index >= 15 is 0 Å². The standard InChI is InChI=1S/C14H21NOS/c1-15-9-8-12-4-6-13(7-5-12)16-14-3-2-10-17-11-14/h4-7,14-15H,2-3,8-11H2,1H3. The minimum absolute atomic E-state index is 0.414. The Morgan fingerprint density at radius 1 is 1.35 bits per heavy atom. The van der Waals surface area contributed by atoms with Gasteiger partial charge in [0.15, 0.2) is 0 Å². The quantitative estimate of drug-likeness (QED) is 0.869. The lowest BCUT2D eigenvalue weighted by Crippen LogP contribution is -2.23. The number of hydrogen-bond donors (Lipinski definition) is 1. The van der Waals surface area contributed by atoms with E-state index in [9.17, 15) is 0 Å². The summed E-state index contributed by atoms with van der Waals surface area (Å²) in [5.74, 6) is 3.45. The number of hydrogen-bond acceptors (Lipinski definition) is 3. The lowest BCUT2D eigenvalue weighted by atomic mass is 10.1. The second-order valence-electron chi connectivity index (χ2n) is 4.45. The first-order chi connectivity index (χ1) is 8.38. The molecule has 94 valence electrons. The van der Waals surface area contributed by atoms with Crippen molar-refractivity contribution >= 4 is 11.8 Å². The third kappa shape index (κ3) is 4.25. The molecule has 1 aromatic rings. The van der Waals surface area contributed by atoms with Gasteiger partial charge in [-0.1, -0.05) is 12.1 Å². The summed E-state index contributed by atoms with van der Waals surface area (Å²) in [7, 11) is 1.98. The van der Waals surface area contributed by atoms with Crippen molar-refractivity contribution in [2.75, 3.05) is 25.1 Å². The molecular formula is C14H21NOS. The Labute approximate surface area is 108 Å². The summed E-state index contributed by atoms with van der Waals surface area (Å²) in [5.41, 5.74) is 1.37. The fraction of sp³-hybridized carbons (Fsp3) is 0.571. The maximum absolute atomic E-state index is 5.98. The number of rotatable bonds is 5. The molecule has 1 aliphatic rings. The molecule has 1 aromatic carbocycles. The van der Waals surface area contributed by atoms with Gasteiger partial charge in [0.25, 0.3) is 0 Å². The number of nitrogens with one attached hydrogen (secondary N) is 1. The first-order valence-electron chi connectivity index (χ1n) is 6.36. The molecule has 1 heterocycles.